The van der Waals surface area contributed by atoms with E-state index in [1.807, 2.05) is 19.1 Å². The van der Waals surface area contributed by atoms with Gasteiger partial charge in [-0.3, -0.25) is 10.1 Å². The Kier molecular flexibility index (Phi) is 4.62. The monoisotopic (exact) mass is 248 g/mol. The molecule has 18 heavy (non-hydrogen) atoms. The molecule has 0 spiro atoms. The average Bonchev–Trinajstić information content (AvgIpc) is 2.26. The largest absolute Gasteiger partial charge is 0.308 e. The van der Waals surface area contributed by atoms with Crippen LogP contribution in [0, 0.1) is 10.1 Å². The van der Waals surface area contributed by atoms with E-state index in [0.29, 0.717) is 0 Å². The fraction of sp³-hybridized carbons (Fsp3) is 0.429. The topological polar surface area (TPSA) is 55.2 Å². The van der Waals surface area contributed by atoms with Crippen LogP contribution in [-0.2, 0) is 0 Å². The van der Waals surface area contributed by atoms with Crippen molar-refractivity contribution in [3.05, 3.63) is 45.5 Å². The first-order valence-electron chi connectivity index (χ1n) is 5.94. The predicted octanol–water partition coefficient (Wildman–Crippen LogP) is 3.39. The quantitative estimate of drug-likeness (QED) is 0.656. The molecule has 0 saturated carbocycles. The smallest absolute Gasteiger partial charge is 0.270 e. The van der Waals surface area contributed by atoms with Crippen molar-refractivity contribution in [2.45, 2.75) is 33.2 Å². The van der Waals surface area contributed by atoms with Gasteiger partial charge in [0.25, 0.3) is 5.69 Å². The summed E-state index contributed by atoms with van der Waals surface area (Å²) in [6.45, 7) is 9.10. The lowest BCUT2D eigenvalue weighted by Gasteiger charge is -2.20. The molecular weight excluding hydrogens is 228 g/mol. The molecule has 0 unspecified atom stereocenters. The minimum Gasteiger partial charge on any atom is -0.308 e. The fourth-order valence-corrected chi connectivity index (χ4v) is 1.47. The summed E-state index contributed by atoms with van der Waals surface area (Å²) < 4.78 is 0. The van der Waals surface area contributed by atoms with Gasteiger partial charge in [-0.2, -0.15) is 0 Å². The standard InChI is InChI=1S/C14H20N2O2/c1-11(10-15-14(2,3)4)8-12-6-5-7-13(9-12)16(17)18/h5-9,15H,10H2,1-4H3. The van der Waals surface area contributed by atoms with Crippen molar-refractivity contribution in [3.8, 4) is 0 Å². The molecule has 98 valence electrons. The number of nitrogens with zero attached hydrogens (tertiary/aromatic N) is 1. The first kappa shape index (κ1) is 14.4. The van der Waals surface area contributed by atoms with Crippen molar-refractivity contribution >= 4 is 11.8 Å². The summed E-state index contributed by atoms with van der Waals surface area (Å²) in [4.78, 5) is 10.3. The zero-order valence-corrected chi connectivity index (χ0v) is 11.4. The van der Waals surface area contributed by atoms with Gasteiger partial charge >= 0.3 is 0 Å². The van der Waals surface area contributed by atoms with Crippen molar-refractivity contribution in [1.29, 1.82) is 0 Å². The zero-order chi connectivity index (χ0) is 13.8. The summed E-state index contributed by atoms with van der Waals surface area (Å²) in [6.07, 6.45) is 1.96. The third-order valence-electron chi connectivity index (χ3n) is 2.39. The Labute approximate surface area is 108 Å². The summed E-state index contributed by atoms with van der Waals surface area (Å²) in [6, 6.07) is 6.66. The van der Waals surface area contributed by atoms with E-state index >= 15 is 0 Å². The fourth-order valence-electron chi connectivity index (χ4n) is 1.47. The van der Waals surface area contributed by atoms with Gasteiger partial charge in [0.1, 0.15) is 0 Å². The number of rotatable bonds is 4. The van der Waals surface area contributed by atoms with Crippen molar-refractivity contribution in [2.75, 3.05) is 6.54 Å². The molecule has 0 radical (unpaired) electrons. The lowest BCUT2D eigenvalue weighted by molar-refractivity contribution is -0.384. The van der Waals surface area contributed by atoms with Gasteiger partial charge < -0.3 is 5.32 Å². The van der Waals surface area contributed by atoms with Gasteiger partial charge in [-0.25, -0.2) is 0 Å². The molecule has 4 heteroatoms. The molecule has 1 aromatic carbocycles. The molecule has 1 rings (SSSR count). The highest BCUT2D eigenvalue weighted by Gasteiger charge is 2.08. The van der Waals surface area contributed by atoms with Crippen molar-refractivity contribution in [3.63, 3.8) is 0 Å². The van der Waals surface area contributed by atoms with E-state index in [-0.39, 0.29) is 16.1 Å². The van der Waals surface area contributed by atoms with E-state index in [1.54, 1.807) is 12.1 Å². The molecule has 0 aromatic heterocycles. The van der Waals surface area contributed by atoms with Crippen LogP contribution in [0.25, 0.3) is 6.08 Å². The van der Waals surface area contributed by atoms with Crippen LogP contribution in [0.4, 0.5) is 5.69 Å². The van der Waals surface area contributed by atoms with E-state index in [2.05, 4.69) is 26.1 Å². The summed E-state index contributed by atoms with van der Waals surface area (Å²) in [5.74, 6) is 0. The SMILES string of the molecule is CC(=Cc1cccc([N+](=O)[O-])c1)CNC(C)(C)C. The van der Waals surface area contributed by atoms with Crippen LogP contribution in [-0.4, -0.2) is 17.0 Å². The Balaban J connectivity index is 2.76. The number of nitro groups is 1. The normalized spacial score (nSPS) is 12.6. The maximum atomic E-state index is 10.7. The third kappa shape index (κ3) is 5.10. The Morgan fingerprint density at radius 3 is 2.67 bits per heavy atom. The number of benzene rings is 1. The van der Waals surface area contributed by atoms with E-state index in [1.165, 1.54) is 6.07 Å². The molecule has 0 bridgehead atoms. The minimum absolute atomic E-state index is 0.0672. The zero-order valence-electron chi connectivity index (χ0n) is 11.4. The number of hydrogen-bond acceptors (Lipinski definition) is 3. The Bertz CT molecular complexity index is 459. The van der Waals surface area contributed by atoms with Gasteiger partial charge in [-0.05, 0) is 33.3 Å². The molecule has 1 aromatic rings. The average molecular weight is 248 g/mol. The first-order chi connectivity index (χ1) is 8.28. The highest BCUT2D eigenvalue weighted by Crippen LogP contribution is 2.15. The molecule has 0 saturated heterocycles. The molecule has 0 aliphatic heterocycles. The molecule has 0 amide bonds. The minimum atomic E-state index is -0.375. The maximum Gasteiger partial charge on any atom is 0.270 e. The van der Waals surface area contributed by atoms with Crippen LogP contribution in [0.15, 0.2) is 29.8 Å². The first-order valence-corrected chi connectivity index (χ1v) is 5.94. The van der Waals surface area contributed by atoms with Crippen LogP contribution in [0.3, 0.4) is 0 Å². The second-order valence-electron chi connectivity index (χ2n) is 5.45. The second-order valence-corrected chi connectivity index (χ2v) is 5.45. The Hall–Kier alpha value is -1.68. The molecular formula is C14H20N2O2. The Morgan fingerprint density at radius 2 is 2.11 bits per heavy atom. The van der Waals surface area contributed by atoms with Crippen LogP contribution >= 0.6 is 0 Å². The number of nitro benzene ring substituents is 1. The van der Waals surface area contributed by atoms with E-state index in [9.17, 15) is 10.1 Å². The van der Waals surface area contributed by atoms with E-state index in [4.69, 9.17) is 0 Å². The van der Waals surface area contributed by atoms with Gasteiger partial charge in [-0.1, -0.05) is 23.8 Å². The van der Waals surface area contributed by atoms with Gasteiger partial charge in [0.15, 0.2) is 0 Å². The summed E-state index contributed by atoms with van der Waals surface area (Å²) in [5, 5.41) is 14.0. The third-order valence-corrected chi connectivity index (χ3v) is 2.39. The number of nitrogens with one attached hydrogen (secondary N) is 1. The lowest BCUT2D eigenvalue weighted by atomic mass is 10.1. The second kappa shape index (κ2) is 5.78. The highest BCUT2D eigenvalue weighted by atomic mass is 16.6. The van der Waals surface area contributed by atoms with Gasteiger partial charge in [-0.15, -0.1) is 0 Å². The van der Waals surface area contributed by atoms with E-state index < -0.39 is 0 Å². The van der Waals surface area contributed by atoms with Crippen LogP contribution in [0.2, 0.25) is 0 Å². The summed E-state index contributed by atoms with van der Waals surface area (Å²) in [5.41, 5.74) is 2.20. The number of hydrogen-bond donors (Lipinski definition) is 1. The van der Waals surface area contributed by atoms with Crippen molar-refractivity contribution < 1.29 is 4.92 Å². The van der Waals surface area contributed by atoms with E-state index in [0.717, 1.165) is 17.7 Å². The number of non-ortho nitro benzene ring substituents is 1. The molecule has 0 fully saturated rings. The lowest BCUT2D eigenvalue weighted by Crippen LogP contribution is -2.36. The Morgan fingerprint density at radius 1 is 1.44 bits per heavy atom. The van der Waals surface area contributed by atoms with Gasteiger partial charge in [0.2, 0.25) is 0 Å². The molecule has 0 atom stereocenters. The van der Waals surface area contributed by atoms with Crippen molar-refractivity contribution in [1.82, 2.24) is 5.32 Å². The van der Waals surface area contributed by atoms with Crippen LogP contribution < -0.4 is 5.32 Å². The van der Waals surface area contributed by atoms with Crippen LogP contribution in [0.5, 0.6) is 0 Å². The van der Waals surface area contributed by atoms with Crippen LogP contribution in [0.1, 0.15) is 33.3 Å². The summed E-state index contributed by atoms with van der Waals surface area (Å²) in [7, 11) is 0. The maximum absolute atomic E-state index is 10.7. The summed E-state index contributed by atoms with van der Waals surface area (Å²) >= 11 is 0. The molecule has 0 aliphatic carbocycles. The highest BCUT2D eigenvalue weighted by molar-refractivity contribution is 5.56. The van der Waals surface area contributed by atoms with Crippen molar-refractivity contribution in [2.24, 2.45) is 0 Å². The molecule has 4 nitrogen and oxygen atoms in total. The van der Waals surface area contributed by atoms with Gasteiger partial charge in [0, 0.05) is 24.2 Å². The van der Waals surface area contributed by atoms with Gasteiger partial charge in [0.05, 0.1) is 4.92 Å². The molecule has 0 aliphatic rings. The predicted molar refractivity (Wildman–Crippen MR) is 74.5 cm³/mol. The molecule has 0 heterocycles. The molecule has 1 N–H and O–H groups in total.